The van der Waals surface area contributed by atoms with E-state index in [4.69, 9.17) is 0 Å². The standard InChI is InChI=1S/C20H28N6OS/c1-16(28-20-21-22-23-26(20)18-9-5-6-10-18)19(27)25-13-11-24(12-14-25)15-17-7-3-2-4-8-17/h2-4,7-8,16,18H,5-6,9-15H2,1H3/p+1/t16-/m1/s1. The Morgan fingerprint density at radius 3 is 2.64 bits per heavy atom. The number of tetrazole rings is 1. The van der Waals surface area contributed by atoms with E-state index in [9.17, 15) is 4.79 Å². The van der Waals surface area contributed by atoms with Gasteiger partial charge in [-0.15, -0.1) is 5.10 Å². The van der Waals surface area contributed by atoms with E-state index >= 15 is 0 Å². The molecule has 2 aromatic rings. The number of hydrogen-bond acceptors (Lipinski definition) is 5. The van der Waals surface area contributed by atoms with Gasteiger partial charge in [0.2, 0.25) is 11.1 Å². The third kappa shape index (κ3) is 4.55. The molecular weight excluding hydrogens is 372 g/mol. The minimum atomic E-state index is -0.165. The summed E-state index contributed by atoms with van der Waals surface area (Å²) in [5.74, 6) is 0.199. The number of amides is 1. The summed E-state index contributed by atoms with van der Waals surface area (Å²) in [7, 11) is 0. The fraction of sp³-hybridized carbons (Fsp3) is 0.600. The molecule has 1 aromatic carbocycles. The molecule has 1 amide bonds. The van der Waals surface area contributed by atoms with Crippen LogP contribution in [0.3, 0.4) is 0 Å². The molecule has 1 N–H and O–H groups in total. The number of nitrogens with zero attached hydrogens (tertiary/aromatic N) is 5. The van der Waals surface area contributed by atoms with E-state index in [1.54, 1.807) is 4.90 Å². The van der Waals surface area contributed by atoms with E-state index in [-0.39, 0.29) is 11.2 Å². The fourth-order valence-corrected chi connectivity index (χ4v) is 5.15. The minimum absolute atomic E-state index is 0.165. The molecule has 4 rings (SSSR count). The van der Waals surface area contributed by atoms with Gasteiger partial charge < -0.3 is 9.80 Å². The largest absolute Gasteiger partial charge is 0.330 e. The maximum Gasteiger partial charge on any atom is 0.236 e. The van der Waals surface area contributed by atoms with Crippen molar-refractivity contribution in [3.8, 4) is 0 Å². The van der Waals surface area contributed by atoms with Crippen LogP contribution in [0.25, 0.3) is 0 Å². The molecule has 0 radical (unpaired) electrons. The Hall–Kier alpha value is -1.93. The normalized spacial score (nSPS) is 19.8. The Morgan fingerprint density at radius 2 is 1.93 bits per heavy atom. The number of nitrogens with one attached hydrogen (secondary N) is 1. The van der Waals surface area contributed by atoms with Crippen LogP contribution < -0.4 is 4.90 Å². The molecule has 0 bridgehead atoms. The quantitative estimate of drug-likeness (QED) is 0.737. The van der Waals surface area contributed by atoms with Crippen LogP contribution in [0, 0.1) is 0 Å². The number of carbonyl (C=O) groups is 1. The average Bonchev–Trinajstić information content (AvgIpc) is 3.40. The smallest absolute Gasteiger partial charge is 0.236 e. The topological polar surface area (TPSA) is 68.4 Å². The maximum absolute atomic E-state index is 12.9. The lowest BCUT2D eigenvalue weighted by Gasteiger charge is -2.33. The van der Waals surface area contributed by atoms with Gasteiger partial charge in [-0.2, -0.15) is 0 Å². The van der Waals surface area contributed by atoms with E-state index in [1.807, 2.05) is 16.5 Å². The molecule has 1 aliphatic carbocycles. The Labute approximate surface area is 170 Å². The van der Waals surface area contributed by atoms with Gasteiger partial charge in [0.1, 0.15) is 6.54 Å². The molecule has 1 aromatic heterocycles. The van der Waals surface area contributed by atoms with Gasteiger partial charge >= 0.3 is 0 Å². The summed E-state index contributed by atoms with van der Waals surface area (Å²) >= 11 is 1.50. The van der Waals surface area contributed by atoms with E-state index < -0.39 is 0 Å². The second-order valence-corrected chi connectivity index (χ2v) is 9.15. The van der Waals surface area contributed by atoms with Crippen LogP contribution in [0.15, 0.2) is 35.5 Å². The predicted octanol–water partition coefficient (Wildman–Crippen LogP) is 1.20. The Bertz CT molecular complexity index is 768. The summed E-state index contributed by atoms with van der Waals surface area (Å²) in [6, 6.07) is 11.0. The number of thioether (sulfide) groups is 1. The number of rotatable bonds is 6. The van der Waals surface area contributed by atoms with Crippen LogP contribution in [0.5, 0.6) is 0 Å². The fourth-order valence-electron chi connectivity index (χ4n) is 4.21. The van der Waals surface area contributed by atoms with Crippen molar-refractivity contribution >= 4 is 17.7 Å². The van der Waals surface area contributed by atoms with Gasteiger partial charge in [0.05, 0.1) is 37.5 Å². The average molecular weight is 402 g/mol. The first-order valence-corrected chi connectivity index (χ1v) is 11.2. The summed E-state index contributed by atoms with van der Waals surface area (Å²) in [6.45, 7) is 6.64. The van der Waals surface area contributed by atoms with Crippen LogP contribution in [-0.4, -0.2) is 62.4 Å². The van der Waals surface area contributed by atoms with Crippen molar-refractivity contribution in [3.05, 3.63) is 35.9 Å². The number of benzene rings is 1. The zero-order valence-electron chi connectivity index (χ0n) is 16.5. The highest BCUT2D eigenvalue weighted by atomic mass is 32.2. The van der Waals surface area contributed by atoms with E-state index in [0.717, 1.165) is 50.7 Å². The number of aromatic nitrogens is 4. The highest BCUT2D eigenvalue weighted by Gasteiger charge is 2.29. The predicted molar refractivity (Wildman–Crippen MR) is 108 cm³/mol. The number of piperazine rings is 1. The van der Waals surface area contributed by atoms with Crippen LogP contribution in [0.1, 0.15) is 44.2 Å². The van der Waals surface area contributed by atoms with Crippen molar-refractivity contribution in [2.24, 2.45) is 0 Å². The van der Waals surface area contributed by atoms with Crippen molar-refractivity contribution in [1.82, 2.24) is 25.1 Å². The maximum atomic E-state index is 12.9. The van der Waals surface area contributed by atoms with Gasteiger partial charge in [-0.3, -0.25) is 4.79 Å². The Balaban J connectivity index is 1.29. The van der Waals surface area contributed by atoms with Crippen molar-refractivity contribution in [2.75, 3.05) is 26.2 Å². The van der Waals surface area contributed by atoms with Crippen LogP contribution >= 0.6 is 11.8 Å². The molecule has 0 unspecified atom stereocenters. The molecule has 7 nitrogen and oxygen atoms in total. The summed E-state index contributed by atoms with van der Waals surface area (Å²) in [5, 5.41) is 12.8. The molecular formula is C20H29N6OS+. The molecule has 2 aliphatic rings. The molecule has 1 atom stereocenters. The molecule has 1 saturated carbocycles. The second-order valence-electron chi connectivity index (χ2n) is 7.84. The minimum Gasteiger partial charge on any atom is -0.330 e. The molecule has 1 saturated heterocycles. The molecule has 28 heavy (non-hydrogen) atoms. The van der Waals surface area contributed by atoms with Gasteiger partial charge in [0, 0.05) is 5.56 Å². The number of hydrogen-bond donors (Lipinski definition) is 1. The molecule has 2 fully saturated rings. The Kier molecular flexibility index (Phi) is 6.26. The number of carbonyl (C=O) groups excluding carboxylic acids is 1. The first-order valence-electron chi connectivity index (χ1n) is 10.3. The SMILES string of the molecule is C[C@@H](Sc1nnnn1C1CCCC1)C(=O)N1CC[NH+](Cc2ccccc2)CC1. The molecule has 2 heterocycles. The zero-order chi connectivity index (χ0) is 19.3. The Morgan fingerprint density at radius 1 is 1.21 bits per heavy atom. The molecule has 0 spiro atoms. The van der Waals surface area contributed by atoms with Gasteiger partial charge in [0.15, 0.2) is 0 Å². The highest BCUT2D eigenvalue weighted by molar-refractivity contribution is 8.00. The lowest BCUT2D eigenvalue weighted by Crippen LogP contribution is -3.13. The van der Waals surface area contributed by atoms with Crippen molar-refractivity contribution in [2.45, 2.75) is 55.6 Å². The number of quaternary nitrogens is 1. The summed E-state index contributed by atoms with van der Waals surface area (Å²) in [5.41, 5.74) is 1.36. The lowest BCUT2D eigenvalue weighted by atomic mass is 10.2. The van der Waals surface area contributed by atoms with Gasteiger partial charge in [-0.25, -0.2) is 4.68 Å². The summed E-state index contributed by atoms with van der Waals surface area (Å²) < 4.78 is 1.93. The zero-order valence-corrected chi connectivity index (χ0v) is 17.3. The van der Waals surface area contributed by atoms with Gasteiger partial charge in [-0.05, 0) is 30.2 Å². The van der Waals surface area contributed by atoms with Gasteiger partial charge in [-0.1, -0.05) is 54.9 Å². The summed E-state index contributed by atoms with van der Waals surface area (Å²) in [6.07, 6.45) is 4.73. The monoisotopic (exact) mass is 401 g/mol. The van der Waals surface area contributed by atoms with Crippen LogP contribution in [0.2, 0.25) is 0 Å². The first kappa shape index (κ1) is 19.4. The van der Waals surface area contributed by atoms with Crippen molar-refractivity contribution < 1.29 is 9.69 Å². The van der Waals surface area contributed by atoms with E-state index in [2.05, 4.69) is 45.9 Å². The van der Waals surface area contributed by atoms with Crippen LogP contribution in [-0.2, 0) is 11.3 Å². The second kappa shape index (κ2) is 9.05. The van der Waals surface area contributed by atoms with E-state index in [1.165, 1.54) is 30.2 Å². The van der Waals surface area contributed by atoms with Crippen molar-refractivity contribution in [1.29, 1.82) is 0 Å². The first-order chi connectivity index (χ1) is 13.7. The van der Waals surface area contributed by atoms with Gasteiger partial charge in [0.25, 0.3) is 0 Å². The third-order valence-corrected chi connectivity index (χ3v) is 6.88. The van der Waals surface area contributed by atoms with Crippen molar-refractivity contribution in [3.63, 3.8) is 0 Å². The molecule has 8 heteroatoms. The highest BCUT2D eigenvalue weighted by Crippen LogP contribution is 2.32. The molecule has 1 aliphatic heterocycles. The molecule has 150 valence electrons. The van der Waals surface area contributed by atoms with E-state index in [0.29, 0.717) is 6.04 Å². The summed E-state index contributed by atoms with van der Waals surface area (Å²) in [4.78, 5) is 16.5. The third-order valence-electron chi connectivity index (χ3n) is 5.84. The lowest BCUT2D eigenvalue weighted by molar-refractivity contribution is -0.917. The van der Waals surface area contributed by atoms with Crippen LogP contribution in [0.4, 0.5) is 0 Å².